The topological polar surface area (TPSA) is 113 Å². The summed E-state index contributed by atoms with van der Waals surface area (Å²) in [5, 5.41) is 15.5. The third-order valence-electron chi connectivity index (χ3n) is 3.85. The summed E-state index contributed by atoms with van der Waals surface area (Å²) in [6.07, 6.45) is 2.93. The average Bonchev–Trinajstić information content (AvgIpc) is 3.15. The minimum absolute atomic E-state index is 0.125. The van der Waals surface area contributed by atoms with Crippen molar-refractivity contribution in [2.45, 2.75) is 30.0 Å². The van der Waals surface area contributed by atoms with Crippen molar-refractivity contribution in [1.82, 2.24) is 9.97 Å². The molecular weight excluding hydrogens is 436 g/mol. The van der Waals surface area contributed by atoms with Crippen molar-refractivity contribution in [3.8, 4) is 5.75 Å². The number of benzene rings is 1. The normalized spacial score (nSPS) is 10.7. The van der Waals surface area contributed by atoms with Crippen molar-refractivity contribution in [2.75, 3.05) is 17.2 Å². The number of anilines is 2. The van der Waals surface area contributed by atoms with E-state index in [1.165, 1.54) is 35.4 Å². The highest BCUT2D eigenvalue weighted by molar-refractivity contribution is 8.01. The molecule has 31 heavy (non-hydrogen) atoms. The second kappa shape index (κ2) is 10.3. The zero-order valence-electron chi connectivity index (χ0n) is 17.2. The van der Waals surface area contributed by atoms with Crippen LogP contribution in [0.1, 0.15) is 29.8 Å². The van der Waals surface area contributed by atoms with E-state index in [1.54, 1.807) is 18.3 Å². The fraction of sp³-hybridized carbons (Fsp3) is 0.238. The van der Waals surface area contributed by atoms with Gasteiger partial charge in [0.1, 0.15) is 10.8 Å². The van der Waals surface area contributed by atoms with E-state index in [-0.39, 0.29) is 5.56 Å². The van der Waals surface area contributed by atoms with Gasteiger partial charge in [-0.3, -0.25) is 5.32 Å². The van der Waals surface area contributed by atoms with Crippen LogP contribution in [0, 0.1) is 12.8 Å². The number of rotatable bonds is 8. The maximum absolute atomic E-state index is 12.4. The Bertz CT molecular complexity index is 1070. The molecule has 0 saturated carbocycles. The number of carbonyl (C=O) groups excluding carboxylic acids is 1. The number of aromatic nitrogens is 2. The molecule has 0 unspecified atom stereocenters. The number of aromatic carboxylic acids is 1. The molecule has 0 bridgehead atoms. The summed E-state index contributed by atoms with van der Waals surface area (Å²) in [7, 11) is 0. The van der Waals surface area contributed by atoms with Crippen LogP contribution in [0.4, 0.5) is 15.6 Å². The van der Waals surface area contributed by atoms with E-state index in [4.69, 9.17) is 9.84 Å². The number of ether oxygens (including phenoxy) is 1. The van der Waals surface area contributed by atoms with Crippen molar-refractivity contribution < 1.29 is 19.4 Å². The van der Waals surface area contributed by atoms with Gasteiger partial charge in [-0.15, -0.1) is 0 Å². The van der Waals surface area contributed by atoms with Crippen LogP contribution >= 0.6 is 23.1 Å². The second-order valence-corrected chi connectivity index (χ2v) is 9.41. The third-order valence-corrected chi connectivity index (χ3v) is 5.82. The van der Waals surface area contributed by atoms with Gasteiger partial charge in [0.2, 0.25) is 0 Å². The Morgan fingerprint density at radius 1 is 1.16 bits per heavy atom. The molecule has 0 saturated heterocycles. The molecule has 162 valence electrons. The Morgan fingerprint density at radius 3 is 2.65 bits per heavy atom. The predicted octanol–water partition coefficient (Wildman–Crippen LogP) is 5.37. The van der Waals surface area contributed by atoms with Crippen molar-refractivity contribution in [3.63, 3.8) is 0 Å². The molecule has 0 atom stereocenters. The average molecular weight is 459 g/mol. The zero-order chi connectivity index (χ0) is 22.4. The second-order valence-electron chi connectivity index (χ2n) is 7.06. The van der Waals surface area contributed by atoms with Crippen LogP contribution < -0.4 is 15.4 Å². The number of aryl methyl sites for hydroxylation is 1. The highest BCUT2D eigenvalue weighted by atomic mass is 32.2. The summed E-state index contributed by atoms with van der Waals surface area (Å²) in [5.41, 5.74) is 1.74. The number of carboxylic acids is 1. The molecule has 0 spiro atoms. The molecule has 3 N–H and O–H groups in total. The van der Waals surface area contributed by atoms with Crippen LogP contribution in [-0.2, 0) is 0 Å². The SMILES string of the molecule is Cc1ccc(NC(=O)Nc2ncc(Sc3ccc(C(=O)O)cn3)s2)c(OCC(C)C)c1. The largest absolute Gasteiger partial charge is 0.491 e. The molecule has 10 heteroatoms. The van der Waals surface area contributed by atoms with E-state index in [0.29, 0.717) is 34.1 Å². The summed E-state index contributed by atoms with van der Waals surface area (Å²) < 4.78 is 6.63. The van der Waals surface area contributed by atoms with Crippen molar-refractivity contribution >= 4 is 45.9 Å². The van der Waals surface area contributed by atoms with E-state index in [2.05, 4.69) is 34.4 Å². The Balaban J connectivity index is 1.60. The lowest BCUT2D eigenvalue weighted by molar-refractivity contribution is 0.0696. The fourth-order valence-corrected chi connectivity index (χ4v) is 4.15. The van der Waals surface area contributed by atoms with Crippen LogP contribution in [-0.4, -0.2) is 33.7 Å². The van der Waals surface area contributed by atoms with Gasteiger partial charge in [0, 0.05) is 6.20 Å². The lowest BCUT2D eigenvalue weighted by atomic mass is 10.2. The zero-order valence-corrected chi connectivity index (χ0v) is 18.8. The minimum Gasteiger partial charge on any atom is -0.491 e. The number of pyridine rings is 1. The van der Waals surface area contributed by atoms with Gasteiger partial charge in [-0.25, -0.2) is 19.6 Å². The Kier molecular flexibility index (Phi) is 7.48. The molecular formula is C21H22N4O4S2. The van der Waals surface area contributed by atoms with E-state index >= 15 is 0 Å². The smallest absolute Gasteiger partial charge is 0.337 e. The number of amides is 2. The van der Waals surface area contributed by atoms with Gasteiger partial charge in [0.25, 0.3) is 0 Å². The first-order valence-electron chi connectivity index (χ1n) is 9.44. The highest BCUT2D eigenvalue weighted by Crippen LogP contribution is 2.33. The van der Waals surface area contributed by atoms with E-state index in [1.807, 2.05) is 19.1 Å². The van der Waals surface area contributed by atoms with Crippen LogP contribution in [0.25, 0.3) is 0 Å². The molecule has 0 radical (unpaired) electrons. The number of nitrogens with one attached hydrogen (secondary N) is 2. The molecule has 0 aliphatic rings. The van der Waals surface area contributed by atoms with Crippen molar-refractivity contribution in [1.29, 1.82) is 0 Å². The molecule has 8 nitrogen and oxygen atoms in total. The molecule has 2 aromatic heterocycles. The Morgan fingerprint density at radius 2 is 1.97 bits per heavy atom. The van der Waals surface area contributed by atoms with Crippen LogP contribution in [0.2, 0.25) is 0 Å². The van der Waals surface area contributed by atoms with Gasteiger partial charge < -0.3 is 15.2 Å². The maximum atomic E-state index is 12.4. The van der Waals surface area contributed by atoms with E-state index in [9.17, 15) is 9.59 Å². The Hall–Kier alpha value is -3.11. The number of hydrogen-bond acceptors (Lipinski definition) is 7. The van der Waals surface area contributed by atoms with E-state index < -0.39 is 12.0 Å². The highest BCUT2D eigenvalue weighted by Gasteiger charge is 2.12. The summed E-state index contributed by atoms with van der Waals surface area (Å²) in [6.45, 7) is 6.63. The lowest BCUT2D eigenvalue weighted by Crippen LogP contribution is -2.20. The van der Waals surface area contributed by atoms with Gasteiger partial charge in [-0.2, -0.15) is 0 Å². The van der Waals surface area contributed by atoms with Gasteiger partial charge in [-0.1, -0.05) is 43.0 Å². The first-order chi connectivity index (χ1) is 14.8. The summed E-state index contributed by atoms with van der Waals surface area (Å²) in [4.78, 5) is 31.7. The maximum Gasteiger partial charge on any atom is 0.337 e. The van der Waals surface area contributed by atoms with Crippen LogP contribution in [0.3, 0.4) is 0 Å². The fourth-order valence-electron chi connectivity index (χ4n) is 2.39. The summed E-state index contributed by atoms with van der Waals surface area (Å²) in [6, 6.07) is 8.29. The standard InChI is InChI=1S/C21H22N4O4S2/c1-12(2)11-29-16-8-13(3)4-6-15(16)24-20(28)25-21-23-10-18(31-21)30-17-7-5-14(9-22-17)19(26)27/h4-10,12H,11H2,1-3H3,(H,26,27)(H2,23,24,25,28). The molecule has 3 aromatic rings. The van der Waals surface area contributed by atoms with Gasteiger partial charge in [0.15, 0.2) is 5.13 Å². The number of thiazole rings is 1. The minimum atomic E-state index is -1.02. The monoisotopic (exact) mass is 458 g/mol. The first kappa shape index (κ1) is 22.6. The Labute approximate surface area is 188 Å². The van der Waals surface area contributed by atoms with E-state index in [0.717, 1.165) is 9.77 Å². The van der Waals surface area contributed by atoms with Gasteiger partial charge in [-0.05, 0) is 42.7 Å². The van der Waals surface area contributed by atoms with Crippen molar-refractivity contribution in [2.24, 2.45) is 5.92 Å². The predicted molar refractivity (Wildman–Crippen MR) is 122 cm³/mol. The number of nitrogens with zero attached hydrogens (tertiary/aromatic N) is 2. The summed E-state index contributed by atoms with van der Waals surface area (Å²) >= 11 is 2.62. The summed E-state index contributed by atoms with van der Waals surface area (Å²) in [5.74, 6) is -0.0379. The number of hydrogen-bond donors (Lipinski definition) is 3. The molecule has 0 fully saturated rings. The molecule has 0 aliphatic carbocycles. The number of carbonyl (C=O) groups is 2. The quantitative estimate of drug-likeness (QED) is 0.415. The molecule has 1 aromatic carbocycles. The van der Waals surface area contributed by atoms with Crippen LogP contribution in [0.15, 0.2) is 52.0 Å². The molecule has 0 aliphatic heterocycles. The van der Waals surface area contributed by atoms with Gasteiger partial charge >= 0.3 is 12.0 Å². The first-order valence-corrected chi connectivity index (χ1v) is 11.1. The van der Waals surface area contributed by atoms with Crippen LogP contribution in [0.5, 0.6) is 5.75 Å². The number of carboxylic acid groups (broad SMARTS) is 1. The molecule has 3 rings (SSSR count). The van der Waals surface area contributed by atoms with Gasteiger partial charge in [0.05, 0.1) is 28.3 Å². The third kappa shape index (κ3) is 6.69. The molecule has 2 heterocycles. The number of urea groups is 1. The molecule has 2 amide bonds. The lowest BCUT2D eigenvalue weighted by Gasteiger charge is -2.14. The van der Waals surface area contributed by atoms with Crippen molar-refractivity contribution in [3.05, 3.63) is 53.9 Å².